The van der Waals surface area contributed by atoms with Crippen molar-refractivity contribution < 1.29 is 13.5 Å². The van der Waals surface area contributed by atoms with Crippen molar-refractivity contribution in [2.24, 2.45) is 0 Å². The van der Waals surface area contributed by atoms with Crippen molar-refractivity contribution in [1.29, 1.82) is 0 Å². The van der Waals surface area contributed by atoms with Crippen LogP contribution in [-0.2, 0) is 10.0 Å². The van der Waals surface area contributed by atoms with Gasteiger partial charge in [0, 0.05) is 19.2 Å². The average molecular weight is 285 g/mol. The Morgan fingerprint density at radius 2 is 1.89 bits per heavy atom. The van der Waals surface area contributed by atoms with Gasteiger partial charge in [-0.15, -0.1) is 0 Å². The quantitative estimate of drug-likeness (QED) is 0.870. The molecule has 0 fully saturated rings. The number of aliphatic hydroxyl groups excluding tert-OH is 1. The molecule has 19 heavy (non-hydrogen) atoms. The predicted molar refractivity (Wildman–Crippen MR) is 76.6 cm³/mol. The van der Waals surface area contributed by atoms with E-state index in [1.54, 1.807) is 13.0 Å². The molecule has 0 unspecified atom stereocenters. The van der Waals surface area contributed by atoms with Gasteiger partial charge < -0.3 is 5.11 Å². The maximum Gasteiger partial charge on any atom is 0.243 e. The molecule has 4 nitrogen and oxygen atoms in total. The molecule has 0 amide bonds. The molecule has 108 valence electrons. The number of hydrogen-bond donors (Lipinski definition) is 1. The van der Waals surface area contributed by atoms with Crippen LogP contribution in [0.2, 0.25) is 0 Å². The number of sulfonamides is 1. The average Bonchev–Trinajstić information content (AvgIpc) is 2.32. The molecule has 1 aromatic carbocycles. The second-order valence-corrected chi connectivity index (χ2v) is 6.91. The number of hydrogen-bond acceptors (Lipinski definition) is 3. The van der Waals surface area contributed by atoms with Crippen LogP contribution in [0.4, 0.5) is 0 Å². The molecule has 0 aromatic heterocycles. The van der Waals surface area contributed by atoms with Crippen LogP contribution in [0.1, 0.15) is 31.4 Å². The van der Waals surface area contributed by atoms with Crippen LogP contribution in [0.15, 0.2) is 23.1 Å². The Hall–Kier alpha value is -0.910. The van der Waals surface area contributed by atoms with Crippen LogP contribution in [0.5, 0.6) is 0 Å². The van der Waals surface area contributed by atoms with Crippen molar-refractivity contribution in [1.82, 2.24) is 4.31 Å². The first-order valence-corrected chi connectivity index (χ1v) is 7.94. The Balaban J connectivity index is 3.22. The van der Waals surface area contributed by atoms with Crippen molar-refractivity contribution in [2.45, 2.75) is 45.1 Å². The standard InChI is InChI=1S/C14H23NO3S/c1-11(2)15(8-5-9-16)19(17,18)14-10-12(3)6-7-13(14)4/h6-7,10-11,16H,5,8-9H2,1-4H3. The van der Waals surface area contributed by atoms with Crippen LogP contribution < -0.4 is 0 Å². The van der Waals surface area contributed by atoms with E-state index in [1.807, 2.05) is 32.9 Å². The third kappa shape index (κ3) is 3.78. The van der Waals surface area contributed by atoms with E-state index >= 15 is 0 Å². The van der Waals surface area contributed by atoms with Gasteiger partial charge in [0.05, 0.1) is 4.90 Å². The van der Waals surface area contributed by atoms with E-state index in [0.29, 0.717) is 17.9 Å². The Labute approximate surface area is 116 Å². The molecular formula is C14H23NO3S. The molecule has 0 bridgehead atoms. The fraction of sp³-hybridized carbons (Fsp3) is 0.571. The zero-order chi connectivity index (χ0) is 14.6. The van der Waals surface area contributed by atoms with Gasteiger partial charge in [-0.1, -0.05) is 12.1 Å². The fourth-order valence-corrected chi connectivity index (χ4v) is 3.98. The molecule has 1 N–H and O–H groups in total. The lowest BCUT2D eigenvalue weighted by Gasteiger charge is -2.26. The van der Waals surface area contributed by atoms with Crippen LogP contribution >= 0.6 is 0 Å². The molecule has 0 heterocycles. The number of rotatable bonds is 6. The summed E-state index contributed by atoms with van der Waals surface area (Å²) in [7, 11) is -3.50. The van der Waals surface area contributed by atoms with Crippen LogP contribution in [0.3, 0.4) is 0 Å². The summed E-state index contributed by atoms with van der Waals surface area (Å²) in [6, 6.07) is 5.31. The van der Waals surface area contributed by atoms with Gasteiger partial charge in [0.2, 0.25) is 10.0 Å². The summed E-state index contributed by atoms with van der Waals surface area (Å²) >= 11 is 0. The fourth-order valence-electron chi connectivity index (χ4n) is 1.99. The topological polar surface area (TPSA) is 57.6 Å². The van der Waals surface area contributed by atoms with Gasteiger partial charge in [-0.25, -0.2) is 8.42 Å². The van der Waals surface area contributed by atoms with Crippen molar-refractivity contribution in [3.63, 3.8) is 0 Å². The number of aliphatic hydroxyl groups is 1. The number of aryl methyl sites for hydroxylation is 2. The summed E-state index contributed by atoms with van der Waals surface area (Å²) in [5, 5.41) is 8.91. The zero-order valence-corrected chi connectivity index (χ0v) is 12.9. The van der Waals surface area contributed by atoms with Crippen molar-refractivity contribution in [3.8, 4) is 0 Å². The zero-order valence-electron chi connectivity index (χ0n) is 12.0. The summed E-state index contributed by atoms with van der Waals surface area (Å²) in [5.74, 6) is 0. The highest BCUT2D eigenvalue weighted by atomic mass is 32.2. The SMILES string of the molecule is Cc1ccc(C)c(S(=O)(=O)N(CCCO)C(C)C)c1. The molecule has 1 rings (SSSR count). The van der Waals surface area contributed by atoms with E-state index in [4.69, 9.17) is 5.11 Å². The smallest absolute Gasteiger partial charge is 0.243 e. The van der Waals surface area contributed by atoms with Gasteiger partial charge >= 0.3 is 0 Å². The minimum Gasteiger partial charge on any atom is -0.396 e. The summed E-state index contributed by atoms with van der Waals surface area (Å²) < 4.78 is 26.8. The first kappa shape index (κ1) is 16.1. The lowest BCUT2D eigenvalue weighted by atomic mass is 10.2. The molecular weight excluding hydrogens is 262 g/mol. The molecule has 0 spiro atoms. The third-order valence-corrected chi connectivity index (χ3v) is 5.26. The highest BCUT2D eigenvalue weighted by Gasteiger charge is 2.27. The van der Waals surface area contributed by atoms with Gasteiger partial charge in [-0.05, 0) is 51.3 Å². The van der Waals surface area contributed by atoms with Gasteiger partial charge in [-0.3, -0.25) is 0 Å². The lowest BCUT2D eigenvalue weighted by molar-refractivity contribution is 0.258. The van der Waals surface area contributed by atoms with E-state index in [1.165, 1.54) is 4.31 Å². The van der Waals surface area contributed by atoms with Crippen molar-refractivity contribution >= 4 is 10.0 Å². The highest BCUT2D eigenvalue weighted by Crippen LogP contribution is 2.23. The second kappa shape index (κ2) is 6.50. The molecule has 0 radical (unpaired) electrons. The third-order valence-electron chi connectivity index (χ3n) is 3.04. The summed E-state index contributed by atoms with van der Waals surface area (Å²) in [6.07, 6.45) is 0.447. The van der Waals surface area contributed by atoms with Crippen LogP contribution in [0, 0.1) is 13.8 Å². The van der Waals surface area contributed by atoms with Crippen LogP contribution in [0.25, 0.3) is 0 Å². The minimum absolute atomic E-state index is 0.00839. The second-order valence-electron chi connectivity index (χ2n) is 5.06. The first-order chi connectivity index (χ1) is 8.80. The molecule has 0 aliphatic rings. The van der Waals surface area contributed by atoms with Crippen LogP contribution in [-0.4, -0.2) is 37.0 Å². The van der Waals surface area contributed by atoms with Gasteiger partial charge in [0.1, 0.15) is 0 Å². The van der Waals surface area contributed by atoms with E-state index in [2.05, 4.69) is 0 Å². The van der Waals surface area contributed by atoms with E-state index < -0.39 is 10.0 Å². The first-order valence-electron chi connectivity index (χ1n) is 6.50. The van der Waals surface area contributed by atoms with Crippen molar-refractivity contribution in [3.05, 3.63) is 29.3 Å². The van der Waals surface area contributed by atoms with Gasteiger partial charge in [0.25, 0.3) is 0 Å². The predicted octanol–water partition coefficient (Wildman–Crippen LogP) is 2.08. The van der Waals surface area contributed by atoms with Crippen molar-refractivity contribution in [2.75, 3.05) is 13.2 Å². The lowest BCUT2D eigenvalue weighted by Crippen LogP contribution is -2.38. The molecule has 5 heteroatoms. The largest absolute Gasteiger partial charge is 0.396 e. The molecule has 0 saturated carbocycles. The maximum absolute atomic E-state index is 12.7. The molecule has 0 saturated heterocycles. The monoisotopic (exact) mass is 285 g/mol. The van der Waals surface area contributed by atoms with Gasteiger partial charge in [-0.2, -0.15) is 4.31 Å². The summed E-state index contributed by atoms with van der Waals surface area (Å²) in [5.41, 5.74) is 1.68. The van der Waals surface area contributed by atoms with E-state index in [9.17, 15) is 8.42 Å². The Morgan fingerprint density at radius 3 is 2.42 bits per heavy atom. The summed E-state index contributed by atoms with van der Waals surface area (Å²) in [6.45, 7) is 7.71. The molecule has 1 aromatic rings. The number of benzene rings is 1. The number of nitrogens with zero attached hydrogens (tertiary/aromatic N) is 1. The molecule has 0 aliphatic carbocycles. The Bertz CT molecular complexity index is 523. The Kier molecular flexibility index (Phi) is 5.52. The molecule has 0 atom stereocenters. The molecule has 0 aliphatic heterocycles. The maximum atomic E-state index is 12.7. The van der Waals surface area contributed by atoms with E-state index in [0.717, 1.165) is 11.1 Å². The Morgan fingerprint density at radius 1 is 1.26 bits per heavy atom. The van der Waals surface area contributed by atoms with Gasteiger partial charge in [0.15, 0.2) is 0 Å². The van der Waals surface area contributed by atoms with E-state index in [-0.39, 0.29) is 12.6 Å². The minimum atomic E-state index is -3.50. The normalized spacial score (nSPS) is 12.4. The highest BCUT2D eigenvalue weighted by molar-refractivity contribution is 7.89. The summed E-state index contributed by atoms with van der Waals surface area (Å²) in [4.78, 5) is 0.360.